The zero-order valence-corrected chi connectivity index (χ0v) is 15.5. The highest BCUT2D eigenvalue weighted by Crippen LogP contribution is 2.21. The van der Waals surface area contributed by atoms with Crippen molar-refractivity contribution in [2.24, 2.45) is 0 Å². The molecule has 2 rings (SSSR count). The lowest BCUT2D eigenvalue weighted by atomic mass is 10.1. The standard InChI is InChI=1S/C18H21Cl2N3O/c1-18(2,3)23-17(24)16-11-14(7-9-22-16)21-8-6-12-4-5-13(19)10-15(12)20/h4-5,7,9-11H,6,8H2,1-3H3,(H,21,22)(H,23,24). The van der Waals surface area contributed by atoms with Crippen molar-refractivity contribution in [3.8, 4) is 0 Å². The molecule has 1 heterocycles. The summed E-state index contributed by atoms with van der Waals surface area (Å²) in [7, 11) is 0. The molecule has 1 amide bonds. The van der Waals surface area contributed by atoms with Crippen LogP contribution < -0.4 is 10.6 Å². The molecule has 0 aliphatic rings. The fourth-order valence-electron chi connectivity index (χ4n) is 2.14. The van der Waals surface area contributed by atoms with Gasteiger partial charge in [0.25, 0.3) is 5.91 Å². The largest absolute Gasteiger partial charge is 0.385 e. The summed E-state index contributed by atoms with van der Waals surface area (Å²) in [6, 6.07) is 9.05. The van der Waals surface area contributed by atoms with Crippen molar-refractivity contribution < 1.29 is 4.79 Å². The first kappa shape index (κ1) is 18.6. The zero-order chi connectivity index (χ0) is 17.7. The van der Waals surface area contributed by atoms with Crippen LogP contribution in [0.3, 0.4) is 0 Å². The molecule has 0 fully saturated rings. The number of rotatable bonds is 5. The second-order valence-electron chi connectivity index (χ2n) is 6.55. The Morgan fingerprint density at radius 3 is 2.58 bits per heavy atom. The van der Waals surface area contributed by atoms with Gasteiger partial charge in [-0.25, -0.2) is 0 Å². The van der Waals surface area contributed by atoms with E-state index in [1.165, 1.54) is 0 Å². The molecule has 2 N–H and O–H groups in total. The zero-order valence-electron chi connectivity index (χ0n) is 14.0. The molecule has 0 saturated heterocycles. The van der Waals surface area contributed by atoms with Crippen LogP contribution in [0.1, 0.15) is 36.8 Å². The maximum atomic E-state index is 12.2. The first-order valence-electron chi connectivity index (χ1n) is 7.71. The van der Waals surface area contributed by atoms with Gasteiger partial charge in [0.05, 0.1) is 0 Å². The number of pyridine rings is 1. The highest BCUT2D eigenvalue weighted by molar-refractivity contribution is 6.35. The molecule has 1 aromatic heterocycles. The number of nitrogens with one attached hydrogen (secondary N) is 2. The van der Waals surface area contributed by atoms with Gasteiger partial charge < -0.3 is 10.6 Å². The maximum absolute atomic E-state index is 12.2. The molecule has 2 aromatic rings. The van der Waals surface area contributed by atoms with Crippen molar-refractivity contribution in [1.82, 2.24) is 10.3 Å². The maximum Gasteiger partial charge on any atom is 0.270 e. The molecule has 0 radical (unpaired) electrons. The number of carbonyl (C=O) groups is 1. The topological polar surface area (TPSA) is 54.0 Å². The van der Waals surface area contributed by atoms with E-state index in [1.54, 1.807) is 18.3 Å². The fraction of sp³-hybridized carbons (Fsp3) is 0.333. The third-order valence-electron chi connectivity index (χ3n) is 3.22. The quantitative estimate of drug-likeness (QED) is 0.815. The Labute approximate surface area is 152 Å². The van der Waals surface area contributed by atoms with Crippen LogP contribution in [0.4, 0.5) is 5.69 Å². The van der Waals surface area contributed by atoms with Crippen LogP contribution in [0.25, 0.3) is 0 Å². The summed E-state index contributed by atoms with van der Waals surface area (Å²) in [4.78, 5) is 16.3. The van der Waals surface area contributed by atoms with E-state index in [9.17, 15) is 4.79 Å². The number of halogens is 2. The van der Waals surface area contributed by atoms with Gasteiger partial charge in [-0.2, -0.15) is 0 Å². The lowest BCUT2D eigenvalue weighted by molar-refractivity contribution is 0.0914. The van der Waals surface area contributed by atoms with E-state index in [-0.39, 0.29) is 11.4 Å². The van der Waals surface area contributed by atoms with Gasteiger partial charge in [-0.05, 0) is 57.0 Å². The Bertz CT molecular complexity index is 726. The number of carbonyl (C=O) groups excluding carboxylic acids is 1. The first-order valence-corrected chi connectivity index (χ1v) is 8.46. The Balaban J connectivity index is 1.96. The molecular weight excluding hydrogens is 345 g/mol. The Kier molecular flexibility index (Phi) is 6.08. The molecule has 24 heavy (non-hydrogen) atoms. The molecule has 0 saturated carbocycles. The predicted molar refractivity (Wildman–Crippen MR) is 100 cm³/mol. The van der Waals surface area contributed by atoms with Crippen molar-refractivity contribution in [2.45, 2.75) is 32.7 Å². The second kappa shape index (κ2) is 7.86. The molecule has 0 unspecified atom stereocenters. The molecule has 0 bridgehead atoms. The van der Waals surface area contributed by atoms with Gasteiger partial charge in [0.2, 0.25) is 0 Å². The molecule has 0 aliphatic carbocycles. The number of benzene rings is 1. The molecule has 0 spiro atoms. The fourth-order valence-corrected chi connectivity index (χ4v) is 2.64. The highest BCUT2D eigenvalue weighted by atomic mass is 35.5. The van der Waals surface area contributed by atoms with E-state index < -0.39 is 0 Å². The molecule has 128 valence electrons. The number of anilines is 1. The summed E-state index contributed by atoms with van der Waals surface area (Å²) >= 11 is 12.1. The monoisotopic (exact) mass is 365 g/mol. The van der Waals surface area contributed by atoms with Crippen LogP contribution in [0.5, 0.6) is 0 Å². The van der Waals surface area contributed by atoms with Gasteiger partial charge in [0, 0.05) is 34.0 Å². The van der Waals surface area contributed by atoms with Gasteiger partial charge >= 0.3 is 0 Å². The molecule has 0 aliphatic heterocycles. The third kappa shape index (κ3) is 5.69. The molecule has 6 heteroatoms. The SMILES string of the molecule is CC(C)(C)NC(=O)c1cc(NCCc2ccc(Cl)cc2Cl)ccn1. The third-order valence-corrected chi connectivity index (χ3v) is 3.81. The lowest BCUT2D eigenvalue weighted by Crippen LogP contribution is -2.40. The van der Waals surface area contributed by atoms with E-state index in [0.29, 0.717) is 22.3 Å². The van der Waals surface area contributed by atoms with Crippen LogP contribution >= 0.6 is 23.2 Å². The predicted octanol–water partition coefficient (Wildman–Crippen LogP) is 4.57. The number of hydrogen-bond donors (Lipinski definition) is 2. The van der Waals surface area contributed by atoms with Crippen molar-refractivity contribution in [1.29, 1.82) is 0 Å². The van der Waals surface area contributed by atoms with Crippen LogP contribution in [-0.2, 0) is 6.42 Å². The number of hydrogen-bond acceptors (Lipinski definition) is 3. The van der Waals surface area contributed by atoms with Gasteiger partial charge in [-0.3, -0.25) is 9.78 Å². The minimum atomic E-state index is -0.298. The normalized spacial score (nSPS) is 11.2. The van der Waals surface area contributed by atoms with Gasteiger partial charge in [0.15, 0.2) is 0 Å². The van der Waals surface area contributed by atoms with E-state index >= 15 is 0 Å². The van der Waals surface area contributed by atoms with Crippen LogP contribution in [0, 0.1) is 0 Å². The highest BCUT2D eigenvalue weighted by Gasteiger charge is 2.16. The van der Waals surface area contributed by atoms with Crippen molar-refractivity contribution in [3.63, 3.8) is 0 Å². The smallest absolute Gasteiger partial charge is 0.270 e. The minimum absolute atomic E-state index is 0.188. The number of amides is 1. The summed E-state index contributed by atoms with van der Waals surface area (Å²) in [6.45, 7) is 6.49. The summed E-state index contributed by atoms with van der Waals surface area (Å²) in [5.41, 5.74) is 1.95. The summed E-state index contributed by atoms with van der Waals surface area (Å²) < 4.78 is 0. The first-order chi connectivity index (χ1) is 11.2. The molecule has 0 atom stereocenters. The van der Waals surface area contributed by atoms with Crippen molar-refractivity contribution in [3.05, 3.63) is 57.8 Å². The molecule has 1 aromatic carbocycles. The number of aromatic nitrogens is 1. The summed E-state index contributed by atoms with van der Waals surface area (Å²) in [5.74, 6) is -0.188. The molecule has 4 nitrogen and oxygen atoms in total. The van der Waals surface area contributed by atoms with Crippen LogP contribution in [0.15, 0.2) is 36.5 Å². The summed E-state index contributed by atoms with van der Waals surface area (Å²) in [5, 5.41) is 7.46. The van der Waals surface area contributed by atoms with Crippen molar-refractivity contribution in [2.75, 3.05) is 11.9 Å². The average Bonchev–Trinajstić information content (AvgIpc) is 2.48. The van der Waals surface area contributed by atoms with Gasteiger partial charge in [-0.15, -0.1) is 0 Å². The van der Waals surface area contributed by atoms with E-state index in [0.717, 1.165) is 17.7 Å². The van der Waals surface area contributed by atoms with E-state index in [4.69, 9.17) is 23.2 Å². The Morgan fingerprint density at radius 2 is 1.92 bits per heavy atom. The van der Waals surface area contributed by atoms with Gasteiger partial charge in [0.1, 0.15) is 5.69 Å². The summed E-state index contributed by atoms with van der Waals surface area (Å²) in [6.07, 6.45) is 2.37. The average molecular weight is 366 g/mol. The van der Waals surface area contributed by atoms with Crippen LogP contribution in [0.2, 0.25) is 10.0 Å². The Hall–Kier alpha value is -1.78. The van der Waals surface area contributed by atoms with E-state index in [1.807, 2.05) is 39.0 Å². The lowest BCUT2D eigenvalue weighted by Gasteiger charge is -2.20. The minimum Gasteiger partial charge on any atom is -0.385 e. The van der Waals surface area contributed by atoms with Crippen LogP contribution in [-0.4, -0.2) is 23.0 Å². The van der Waals surface area contributed by atoms with Gasteiger partial charge in [-0.1, -0.05) is 29.3 Å². The molecular formula is C18H21Cl2N3O. The van der Waals surface area contributed by atoms with E-state index in [2.05, 4.69) is 15.6 Å². The Morgan fingerprint density at radius 1 is 1.17 bits per heavy atom. The van der Waals surface area contributed by atoms with Crippen molar-refractivity contribution >= 4 is 34.8 Å². The second-order valence-corrected chi connectivity index (χ2v) is 7.39. The number of nitrogens with zero attached hydrogens (tertiary/aromatic N) is 1.